The van der Waals surface area contributed by atoms with Gasteiger partial charge in [-0.2, -0.15) is 0 Å². The number of nitrogens with one attached hydrogen (secondary N) is 2. The van der Waals surface area contributed by atoms with Crippen molar-refractivity contribution < 1.29 is 23.5 Å². The van der Waals surface area contributed by atoms with Crippen LogP contribution in [0.15, 0.2) is 48.5 Å². The van der Waals surface area contributed by atoms with Crippen molar-refractivity contribution in [2.24, 2.45) is 0 Å². The zero-order chi connectivity index (χ0) is 30.0. The summed E-state index contributed by atoms with van der Waals surface area (Å²) in [4.78, 5) is 31.0. The second-order valence-electron chi connectivity index (χ2n) is 10.7. The molecule has 1 saturated heterocycles. The number of rotatable bonds is 9. The molecule has 2 fully saturated rings. The standard InChI is InChI=1S/C28H28F2N8O3S2/c29-28(30)14-38(15-28)20-11-5-10-19(31-20)13-21(39)32-26-36-34-24(42-26)17-8-4-9-18(12-17)25-35-37-27(43-25)33-23(41)22(40)16-6-2-1-3-7-16/h1-3,5-7,10-11,17-18,22,40H,4,8-9,12-15H2,(H,32,36,39)(H,33,37,41)/t17-,18-,22?/m0/s1. The van der Waals surface area contributed by atoms with Crippen LogP contribution < -0.4 is 15.5 Å². The summed E-state index contributed by atoms with van der Waals surface area (Å²) in [5.41, 5.74) is 0.975. The lowest BCUT2D eigenvalue weighted by Crippen LogP contribution is -2.56. The van der Waals surface area contributed by atoms with E-state index in [1.807, 2.05) is 6.07 Å². The number of nitrogens with zero attached hydrogens (tertiary/aromatic N) is 6. The Kier molecular flexibility index (Phi) is 8.36. The maximum Gasteiger partial charge on any atom is 0.282 e. The fourth-order valence-corrected chi connectivity index (χ4v) is 7.04. The van der Waals surface area contributed by atoms with Gasteiger partial charge in [-0.1, -0.05) is 65.5 Å². The Balaban J connectivity index is 1.02. The third-order valence-electron chi connectivity index (χ3n) is 7.40. The molecular weight excluding hydrogens is 598 g/mol. The number of halogens is 2. The predicted molar refractivity (Wildman–Crippen MR) is 158 cm³/mol. The predicted octanol–water partition coefficient (Wildman–Crippen LogP) is 4.53. The van der Waals surface area contributed by atoms with Crippen molar-refractivity contribution in [3.05, 3.63) is 69.8 Å². The lowest BCUT2D eigenvalue weighted by atomic mass is 9.82. The molecule has 1 aliphatic carbocycles. The molecule has 3 aromatic heterocycles. The average molecular weight is 627 g/mol. The molecule has 1 saturated carbocycles. The number of aliphatic hydroxyl groups is 1. The molecule has 3 atom stereocenters. The molecule has 1 aromatic carbocycles. The molecule has 15 heteroatoms. The zero-order valence-electron chi connectivity index (χ0n) is 22.8. The topological polar surface area (TPSA) is 146 Å². The van der Waals surface area contributed by atoms with Crippen LogP contribution in [0.3, 0.4) is 0 Å². The summed E-state index contributed by atoms with van der Waals surface area (Å²) in [6.07, 6.45) is 2.27. The Morgan fingerprint density at radius 1 is 0.930 bits per heavy atom. The van der Waals surface area contributed by atoms with E-state index in [0.717, 1.165) is 35.7 Å². The van der Waals surface area contributed by atoms with Crippen LogP contribution in [-0.2, 0) is 16.0 Å². The van der Waals surface area contributed by atoms with Crippen molar-refractivity contribution >= 4 is 50.6 Å². The number of aliphatic hydroxyl groups excluding tert-OH is 1. The first-order valence-electron chi connectivity index (χ1n) is 13.8. The fraction of sp³-hybridized carbons (Fsp3) is 0.393. The van der Waals surface area contributed by atoms with Crippen LogP contribution in [0.5, 0.6) is 0 Å². The van der Waals surface area contributed by atoms with Crippen LogP contribution in [-0.4, -0.2) is 61.3 Å². The van der Waals surface area contributed by atoms with Gasteiger partial charge >= 0.3 is 0 Å². The Morgan fingerprint density at radius 2 is 1.58 bits per heavy atom. The van der Waals surface area contributed by atoms with Gasteiger partial charge in [0, 0.05) is 11.8 Å². The van der Waals surface area contributed by atoms with E-state index in [1.165, 1.54) is 27.6 Å². The number of anilines is 3. The van der Waals surface area contributed by atoms with Crippen molar-refractivity contribution in [3.63, 3.8) is 0 Å². The van der Waals surface area contributed by atoms with Crippen molar-refractivity contribution in [1.29, 1.82) is 0 Å². The molecule has 224 valence electrons. The Labute approximate surface area is 253 Å². The number of hydrogen-bond donors (Lipinski definition) is 3. The van der Waals surface area contributed by atoms with Gasteiger partial charge in [0.2, 0.25) is 16.2 Å². The van der Waals surface area contributed by atoms with Crippen molar-refractivity contribution in [3.8, 4) is 0 Å². The van der Waals surface area contributed by atoms with Gasteiger partial charge in [0.05, 0.1) is 25.2 Å². The third kappa shape index (κ3) is 7.00. The van der Waals surface area contributed by atoms with E-state index >= 15 is 0 Å². The summed E-state index contributed by atoms with van der Waals surface area (Å²) in [6.45, 7) is -0.748. The number of aromatic nitrogens is 5. The molecule has 11 nitrogen and oxygen atoms in total. The minimum absolute atomic E-state index is 0.0171. The Morgan fingerprint density at radius 3 is 2.23 bits per heavy atom. The van der Waals surface area contributed by atoms with Gasteiger partial charge in [0.1, 0.15) is 15.8 Å². The third-order valence-corrected chi connectivity index (χ3v) is 9.40. The summed E-state index contributed by atoms with van der Waals surface area (Å²) < 4.78 is 26.4. The van der Waals surface area contributed by atoms with Gasteiger partial charge in [0.15, 0.2) is 6.10 Å². The molecule has 2 amide bonds. The van der Waals surface area contributed by atoms with Gasteiger partial charge in [-0.05, 0) is 37.0 Å². The van der Waals surface area contributed by atoms with Crippen LogP contribution in [0.2, 0.25) is 0 Å². The van der Waals surface area contributed by atoms with Gasteiger partial charge in [-0.15, -0.1) is 20.4 Å². The lowest BCUT2D eigenvalue weighted by Gasteiger charge is -2.39. The highest BCUT2D eigenvalue weighted by atomic mass is 32.1. The minimum Gasteiger partial charge on any atom is -0.378 e. The van der Waals surface area contributed by atoms with Gasteiger partial charge in [-0.25, -0.2) is 13.8 Å². The SMILES string of the molecule is O=C(Cc1cccc(N2CC(F)(F)C2)n1)Nc1nnc([C@H]2CCC[C@H](c3nnc(NC(=O)C(O)c4ccccc4)s3)C2)s1. The summed E-state index contributed by atoms with van der Waals surface area (Å²) in [6, 6.07) is 13.7. The van der Waals surface area contributed by atoms with Crippen LogP contribution in [0.4, 0.5) is 24.9 Å². The number of carbonyl (C=O) groups excluding carboxylic acids is 2. The first kappa shape index (κ1) is 29.1. The Bertz CT molecular complexity index is 1590. The van der Waals surface area contributed by atoms with Crippen LogP contribution in [0.1, 0.15) is 64.9 Å². The van der Waals surface area contributed by atoms with Crippen molar-refractivity contribution in [2.75, 3.05) is 28.6 Å². The van der Waals surface area contributed by atoms with Gasteiger partial charge < -0.3 is 15.3 Å². The minimum atomic E-state index is -2.70. The first-order valence-corrected chi connectivity index (χ1v) is 15.4. The molecule has 2 aliphatic rings. The number of amides is 2. The number of carbonyl (C=O) groups is 2. The highest BCUT2D eigenvalue weighted by molar-refractivity contribution is 7.15. The van der Waals surface area contributed by atoms with Gasteiger partial charge in [-0.3, -0.25) is 14.9 Å². The molecule has 1 unspecified atom stereocenters. The average Bonchev–Trinajstić information content (AvgIpc) is 3.66. The maximum absolute atomic E-state index is 13.2. The van der Waals surface area contributed by atoms with E-state index in [4.69, 9.17) is 0 Å². The van der Waals surface area contributed by atoms with Crippen molar-refractivity contribution in [1.82, 2.24) is 25.4 Å². The molecule has 0 bridgehead atoms. The highest BCUT2D eigenvalue weighted by Gasteiger charge is 2.44. The van der Waals surface area contributed by atoms with E-state index in [0.29, 0.717) is 27.3 Å². The summed E-state index contributed by atoms with van der Waals surface area (Å²) in [7, 11) is 0. The van der Waals surface area contributed by atoms with Crippen LogP contribution in [0.25, 0.3) is 0 Å². The second kappa shape index (κ2) is 12.3. The zero-order valence-corrected chi connectivity index (χ0v) is 24.5. The van der Waals surface area contributed by atoms with E-state index in [2.05, 4.69) is 36.0 Å². The number of pyridine rings is 1. The molecule has 0 spiro atoms. The molecule has 6 rings (SSSR count). The molecule has 1 aliphatic heterocycles. The summed E-state index contributed by atoms with van der Waals surface area (Å²) in [5, 5.41) is 35.0. The van der Waals surface area contributed by atoms with Crippen LogP contribution in [0, 0.1) is 0 Å². The smallest absolute Gasteiger partial charge is 0.282 e. The second-order valence-corrected chi connectivity index (χ2v) is 12.7. The van der Waals surface area contributed by atoms with E-state index in [1.54, 1.807) is 42.5 Å². The number of benzene rings is 1. The largest absolute Gasteiger partial charge is 0.378 e. The van der Waals surface area contributed by atoms with E-state index in [-0.39, 0.29) is 37.3 Å². The van der Waals surface area contributed by atoms with E-state index < -0.39 is 17.9 Å². The normalized spacial score (nSPS) is 20.2. The highest BCUT2D eigenvalue weighted by Crippen LogP contribution is 2.43. The van der Waals surface area contributed by atoms with Crippen molar-refractivity contribution in [2.45, 2.75) is 56.0 Å². The van der Waals surface area contributed by atoms with Gasteiger partial charge in [0.25, 0.3) is 11.8 Å². The first-order chi connectivity index (χ1) is 20.7. The molecule has 0 radical (unpaired) electrons. The van der Waals surface area contributed by atoms with Crippen LogP contribution >= 0.6 is 22.7 Å². The fourth-order valence-electron chi connectivity index (χ4n) is 5.24. The molecule has 4 heterocycles. The molecule has 3 N–H and O–H groups in total. The molecular formula is C28H28F2N8O3S2. The summed E-state index contributed by atoms with van der Waals surface area (Å²) >= 11 is 2.63. The maximum atomic E-state index is 13.2. The monoisotopic (exact) mass is 626 g/mol. The molecule has 4 aromatic rings. The number of hydrogen-bond acceptors (Lipinski definition) is 11. The van der Waals surface area contributed by atoms with E-state index in [9.17, 15) is 23.5 Å². The number of alkyl halides is 2. The lowest BCUT2D eigenvalue weighted by molar-refractivity contribution is -0.124. The molecule has 43 heavy (non-hydrogen) atoms. The quantitative estimate of drug-likeness (QED) is 0.244. The summed E-state index contributed by atoms with van der Waals surface area (Å²) in [5.74, 6) is -2.89. The Hall–Kier alpha value is -3.95.